The van der Waals surface area contributed by atoms with Gasteiger partial charge in [-0.05, 0) is 25.0 Å². The van der Waals surface area contributed by atoms with Gasteiger partial charge in [-0.15, -0.1) is 0 Å². The number of nitrogens with one attached hydrogen (secondary N) is 1. The van der Waals surface area contributed by atoms with Crippen LogP contribution in [0.5, 0.6) is 0 Å². The zero-order valence-electron chi connectivity index (χ0n) is 10.1. The van der Waals surface area contributed by atoms with E-state index >= 15 is 0 Å². The highest BCUT2D eigenvalue weighted by molar-refractivity contribution is 5.95. The Morgan fingerprint density at radius 3 is 2.58 bits per heavy atom. The molecule has 1 amide bonds. The quantitative estimate of drug-likeness (QED) is 0.836. The fourth-order valence-corrected chi connectivity index (χ4v) is 1.55. The van der Waals surface area contributed by atoms with Crippen LogP contribution in [0.2, 0.25) is 0 Å². The molecule has 0 aromatic heterocycles. The molecule has 0 heterocycles. The van der Waals surface area contributed by atoms with Crippen molar-refractivity contribution in [1.29, 1.82) is 5.26 Å². The Kier molecular flexibility index (Phi) is 5.37. The van der Waals surface area contributed by atoms with Crippen LogP contribution in [0.1, 0.15) is 35.2 Å². The molecule has 1 rings (SSSR count). The van der Waals surface area contributed by atoms with Crippen molar-refractivity contribution in [2.24, 2.45) is 0 Å². The summed E-state index contributed by atoms with van der Waals surface area (Å²) in [6.07, 6.45) is -3.01. The van der Waals surface area contributed by atoms with Crippen molar-refractivity contribution in [1.82, 2.24) is 5.32 Å². The maximum absolute atomic E-state index is 12.7. The third kappa shape index (κ3) is 4.62. The van der Waals surface area contributed by atoms with Gasteiger partial charge < -0.3 is 5.32 Å². The molecule has 0 saturated heterocycles. The largest absolute Gasteiger partial charge is 0.417 e. The highest BCUT2D eigenvalue weighted by Gasteiger charge is 2.34. The molecule has 0 spiro atoms. The molecule has 1 N–H and O–H groups in total. The van der Waals surface area contributed by atoms with Crippen LogP contribution in [-0.2, 0) is 6.18 Å². The standard InChI is InChI=1S/C13H13F3N2O/c14-13(15,16)11-7-3-2-6-10(11)12(19)18-9-5-1-4-8-17/h2-3,6-7H,1,4-5,9H2,(H,18,19). The first-order valence-electron chi connectivity index (χ1n) is 5.78. The van der Waals surface area contributed by atoms with Crippen molar-refractivity contribution in [3.8, 4) is 6.07 Å². The van der Waals surface area contributed by atoms with E-state index in [2.05, 4.69) is 5.32 Å². The van der Waals surface area contributed by atoms with Crippen molar-refractivity contribution in [2.75, 3.05) is 6.54 Å². The normalized spacial score (nSPS) is 10.8. The Morgan fingerprint density at radius 2 is 1.95 bits per heavy atom. The number of amides is 1. The minimum absolute atomic E-state index is 0.257. The van der Waals surface area contributed by atoms with E-state index in [0.717, 1.165) is 12.1 Å². The molecule has 0 bridgehead atoms. The maximum Gasteiger partial charge on any atom is 0.417 e. The zero-order valence-corrected chi connectivity index (χ0v) is 10.1. The molecule has 19 heavy (non-hydrogen) atoms. The van der Waals surface area contributed by atoms with Crippen molar-refractivity contribution < 1.29 is 18.0 Å². The number of nitrogens with zero attached hydrogens (tertiary/aromatic N) is 1. The lowest BCUT2D eigenvalue weighted by Gasteiger charge is -2.12. The number of alkyl halides is 3. The van der Waals surface area contributed by atoms with Crippen LogP contribution < -0.4 is 5.32 Å². The van der Waals surface area contributed by atoms with E-state index in [-0.39, 0.29) is 12.1 Å². The van der Waals surface area contributed by atoms with Crippen LogP contribution in [0, 0.1) is 11.3 Å². The topological polar surface area (TPSA) is 52.9 Å². The molecule has 0 unspecified atom stereocenters. The molecule has 0 atom stereocenters. The van der Waals surface area contributed by atoms with Crippen LogP contribution in [0.4, 0.5) is 13.2 Å². The van der Waals surface area contributed by atoms with Gasteiger partial charge in [0.05, 0.1) is 17.2 Å². The van der Waals surface area contributed by atoms with Gasteiger partial charge in [0.1, 0.15) is 0 Å². The van der Waals surface area contributed by atoms with E-state index in [1.54, 1.807) is 0 Å². The highest BCUT2D eigenvalue weighted by Crippen LogP contribution is 2.31. The molecule has 3 nitrogen and oxygen atoms in total. The summed E-state index contributed by atoms with van der Waals surface area (Å²) in [6.45, 7) is 0.257. The number of carbonyl (C=O) groups is 1. The number of unbranched alkanes of at least 4 members (excludes halogenated alkanes) is 2. The molecule has 6 heteroatoms. The first-order chi connectivity index (χ1) is 8.96. The number of hydrogen-bond donors (Lipinski definition) is 1. The number of benzene rings is 1. The van der Waals surface area contributed by atoms with Gasteiger partial charge >= 0.3 is 6.18 Å². The smallest absolute Gasteiger partial charge is 0.352 e. The molecule has 1 aromatic carbocycles. The lowest BCUT2D eigenvalue weighted by Crippen LogP contribution is -2.27. The van der Waals surface area contributed by atoms with Crippen LogP contribution in [0.3, 0.4) is 0 Å². The van der Waals surface area contributed by atoms with Gasteiger partial charge in [-0.25, -0.2) is 0 Å². The second-order valence-corrected chi connectivity index (χ2v) is 3.91. The zero-order chi connectivity index (χ0) is 14.3. The van der Waals surface area contributed by atoms with Gasteiger partial charge in [0.15, 0.2) is 0 Å². The maximum atomic E-state index is 12.7. The van der Waals surface area contributed by atoms with E-state index in [4.69, 9.17) is 5.26 Å². The Morgan fingerprint density at radius 1 is 1.26 bits per heavy atom. The highest BCUT2D eigenvalue weighted by atomic mass is 19.4. The summed E-state index contributed by atoms with van der Waals surface area (Å²) < 4.78 is 38.0. The summed E-state index contributed by atoms with van der Waals surface area (Å²) in [5.74, 6) is -0.745. The van der Waals surface area contributed by atoms with Gasteiger partial charge in [-0.1, -0.05) is 12.1 Å². The molecule has 0 radical (unpaired) electrons. The second kappa shape index (κ2) is 6.78. The van der Waals surface area contributed by atoms with Crippen LogP contribution >= 0.6 is 0 Å². The van der Waals surface area contributed by atoms with Crippen LogP contribution in [0.15, 0.2) is 24.3 Å². The van der Waals surface area contributed by atoms with E-state index in [1.807, 2.05) is 6.07 Å². The van der Waals surface area contributed by atoms with Gasteiger partial charge in [0.2, 0.25) is 0 Å². The van der Waals surface area contributed by atoms with Gasteiger partial charge in [-0.3, -0.25) is 4.79 Å². The number of nitriles is 1. The van der Waals surface area contributed by atoms with Crippen molar-refractivity contribution >= 4 is 5.91 Å². The Labute approximate surface area is 109 Å². The van der Waals surface area contributed by atoms with E-state index in [0.29, 0.717) is 19.3 Å². The molecular weight excluding hydrogens is 257 g/mol. The molecule has 0 aliphatic rings. The van der Waals surface area contributed by atoms with Gasteiger partial charge in [0.25, 0.3) is 5.91 Å². The average Bonchev–Trinajstić information content (AvgIpc) is 2.37. The lowest BCUT2D eigenvalue weighted by molar-refractivity contribution is -0.137. The van der Waals surface area contributed by atoms with Crippen molar-refractivity contribution in [3.63, 3.8) is 0 Å². The number of halogens is 3. The van der Waals surface area contributed by atoms with Crippen LogP contribution in [-0.4, -0.2) is 12.5 Å². The first-order valence-corrected chi connectivity index (χ1v) is 5.78. The predicted octanol–water partition coefficient (Wildman–Crippen LogP) is 3.13. The summed E-state index contributed by atoms with van der Waals surface area (Å²) in [5.41, 5.74) is -1.32. The average molecular weight is 270 g/mol. The Balaban J connectivity index is 2.65. The SMILES string of the molecule is N#CCCCCNC(=O)c1ccccc1C(F)(F)F. The summed E-state index contributed by atoms with van der Waals surface area (Å²) in [5, 5.41) is 10.7. The Hall–Kier alpha value is -2.03. The number of hydrogen-bond acceptors (Lipinski definition) is 2. The van der Waals surface area contributed by atoms with E-state index in [9.17, 15) is 18.0 Å². The predicted molar refractivity (Wildman–Crippen MR) is 63.2 cm³/mol. The Bertz CT molecular complexity index is 478. The molecule has 0 aliphatic carbocycles. The van der Waals surface area contributed by atoms with Gasteiger partial charge in [-0.2, -0.15) is 18.4 Å². The summed E-state index contributed by atoms with van der Waals surface area (Å²) in [6, 6.07) is 6.61. The monoisotopic (exact) mass is 270 g/mol. The van der Waals surface area contributed by atoms with Crippen molar-refractivity contribution in [2.45, 2.75) is 25.4 Å². The second-order valence-electron chi connectivity index (χ2n) is 3.91. The molecule has 102 valence electrons. The first kappa shape index (κ1) is 15.0. The van der Waals surface area contributed by atoms with Crippen LogP contribution in [0.25, 0.3) is 0 Å². The third-order valence-electron chi connectivity index (χ3n) is 2.48. The molecular formula is C13H13F3N2O. The minimum atomic E-state index is -4.55. The summed E-state index contributed by atoms with van der Waals surface area (Å²) in [7, 11) is 0. The molecule has 0 saturated carbocycles. The fourth-order valence-electron chi connectivity index (χ4n) is 1.55. The molecule has 0 aliphatic heterocycles. The van der Waals surface area contributed by atoms with E-state index < -0.39 is 17.6 Å². The fraction of sp³-hybridized carbons (Fsp3) is 0.385. The number of carbonyl (C=O) groups excluding carboxylic acids is 1. The molecule has 1 aromatic rings. The van der Waals surface area contributed by atoms with Gasteiger partial charge in [0, 0.05) is 13.0 Å². The lowest BCUT2D eigenvalue weighted by atomic mass is 10.1. The number of rotatable bonds is 5. The van der Waals surface area contributed by atoms with E-state index in [1.165, 1.54) is 12.1 Å². The van der Waals surface area contributed by atoms with Crippen molar-refractivity contribution in [3.05, 3.63) is 35.4 Å². The third-order valence-corrected chi connectivity index (χ3v) is 2.48. The summed E-state index contributed by atoms with van der Waals surface area (Å²) in [4.78, 5) is 11.7. The molecule has 0 fully saturated rings. The summed E-state index contributed by atoms with van der Waals surface area (Å²) >= 11 is 0. The minimum Gasteiger partial charge on any atom is -0.352 e.